The first-order chi connectivity index (χ1) is 29.4. The first-order valence-corrected chi connectivity index (χ1v) is 21.1. The molecule has 0 atom stereocenters. The molecule has 0 spiro atoms. The zero-order chi connectivity index (χ0) is 40.4. The first-order valence-electron chi connectivity index (χ1n) is 20.2. The molecule has 0 bridgehead atoms. The van der Waals surface area contributed by atoms with E-state index in [2.05, 4.69) is 211 Å². The smallest absolute Gasteiger partial charge is 0.137 e. The summed E-state index contributed by atoms with van der Waals surface area (Å²) in [5.41, 5.74) is 11.9. The second-order valence-electron chi connectivity index (χ2n) is 16.1. The fraction of sp³-hybridized carbons (Fsp3) is 0.0741. The van der Waals surface area contributed by atoms with Crippen LogP contribution < -0.4 is 14.5 Å². The van der Waals surface area contributed by atoms with Crippen LogP contribution >= 0.6 is 11.3 Å². The molecular weight excluding hydrogens is 948 g/mol. The van der Waals surface area contributed by atoms with Crippen LogP contribution in [0.25, 0.3) is 60.1 Å². The Morgan fingerprint density at radius 2 is 1.23 bits per heavy atom. The van der Waals surface area contributed by atoms with Gasteiger partial charge in [-0.3, -0.25) is 0 Å². The Hall–Kier alpha value is -6.46. The maximum atomic E-state index is 6.67. The third-order valence-electron chi connectivity index (χ3n) is 11.3. The molecule has 1 aliphatic heterocycles. The molecule has 0 saturated heterocycles. The van der Waals surface area contributed by atoms with E-state index in [1.54, 1.807) is 11.3 Å². The predicted molar refractivity (Wildman–Crippen MR) is 249 cm³/mol. The van der Waals surface area contributed by atoms with Crippen LogP contribution in [0.5, 0.6) is 11.5 Å². The van der Waals surface area contributed by atoms with Crippen molar-refractivity contribution in [2.24, 2.45) is 0 Å². The molecule has 0 saturated carbocycles. The number of hydrogen-bond donors (Lipinski definition) is 0. The molecule has 300 valence electrons. The van der Waals surface area contributed by atoms with E-state index in [-0.39, 0.29) is 26.5 Å². The number of para-hydroxylation sites is 4. The molecule has 0 aliphatic carbocycles. The Bertz CT molecular complexity index is 3170. The molecule has 3 aromatic heterocycles. The summed E-state index contributed by atoms with van der Waals surface area (Å²) in [5.74, 6) is 2.07. The van der Waals surface area contributed by atoms with Crippen LogP contribution in [0.4, 0.5) is 22.7 Å². The first kappa shape index (κ1) is 38.7. The third-order valence-corrected chi connectivity index (χ3v) is 12.1. The van der Waals surface area contributed by atoms with Crippen LogP contribution in [0.15, 0.2) is 175 Å². The Labute approximate surface area is 374 Å². The number of rotatable bonds is 7. The van der Waals surface area contributed by atoms with Gasteiger partial charge in [0.2, 0.25) is 0 Å². The van der Waals surface area contributed by atoms with Crippen molar-refractivity contribution in [3.05, 3.63) is 200 Å². The zero-order valence-electron chi connectivity index (χ0n) is 33.7. The van der Waals surface area contributed by atoms with Gasteiger partial charge in [-0.15, -0.1) is 59.4 Å². The van der Waals surface area contributed by atoms with Gasteiger partial charge in [0, 0.05) is 71.7 Å². The minimum absolute atomic E-state index is 0. The minimum Gasteiger partial charge on any atom is -0.509 e. The van der Waals surface area contributed by atoms with Gasteiger partial charge in [0.1, 0.15) is 10.6 Å². The van der Waals surface area contributed by atoms with E-state index in [9.17, 15) is 0 Å². The van der Waals surface area contributed by atoms with Gasteiger partial charge in [0.05, 0.1) is 0 Å². The van der Waals surface area contributed by atoms with Gasteiger partial charge in [0.15, 0.2) is 0 Å². The summed E-state index contributed by atoms with van der Waals surface area (Å²) < 4.78 is 8.90. The standard InChI is InChI=1S/C54H39N4OS.Pt/c1-54(2,3)46-34-51(55-53-45(46)30-31-60-53)58-47-25-11-10-22-43(47)44-29-28-40(33-50(44)58)59-39-21-14-20-38(32-39)56-35-57(49-27-13-12-26-48(49)56)52-41(36-16-6-4-7-17-36)23-15-24-42(52)37-18-8-5-9-19-37;/h4-31,34-35H,1-3H3;/q-3;. The van der Waals surface area contributed by atoms with E-state index < -0.39 is 0 Å². The average Bonchev–Trinajstić information content (AvgIpc) is 4.00. The summed E-state index contributed by atoms with van der Waals surface area (Å²) >= 11 is 1.68. The molecule has 0 radical (unpaired) electrons. The van der Waals surface area contributed by atoms with Crippen molar-refractivity contribution in [2.75, 3.05) is 9.80 Å². The SMILES string of the molecule is CC(C)(C)c1cc(-n2c3[c-]c(Oc4[c-]c(N5[CH-]N(c6c(-c7ccccc7)cccc6-c6ccccc6)c6ccccc65)ccc4)ccc3c3ccccc32)nc2sccc12.[Pt]. The summed E-state index contributed by atoms with van der Waals surface area (Å²) in [4.78, 5) is 10.8. The Morgan fingerprint density at radius 3 is 1.95 bits per heavy atom. The fourth-order valence-corrected chi connectivity index (χ4v) is 9.37. The van der Waals surface area contributed by atoms with Crippen molar-refractivity contribution >= 4 is 66.1 Å². The molecule has 0 amide bonds. The van der Waals surface area contributed by atoms with Crippen molar-refractivity contribution in [1.82, 2.24) is 9.55 Å². The molecular formula is C54H39N4OPtS-3. The van der Waals surface area contributed by atoms with Crippen molar-refractivity contribution in [2.45, 2.75) is 26.2 Å². The van der Waals surface area contributed by atoms with E-state index in [0.717, 1.165) is 77.5 Å². The molecule has 11 rings (SSSR count). The van der Waals surface area contributed by atoms with Crippen LogP contribution in [0.2, 0.25) is 0 Å². The van der Waals surface area contributed by atoms with E-state index in [1.165, 1.54) is 10.9 Å². The van der Waals surface area contributed by atoms with E-state index >= 15 is 0 Å². The van der Waals surface area contributed by atoms with Crippen LogP contribution in [0.1, 0.15) is 26.3 Å². The number of ether oxygens (including phenoxy) is 1. The van der Waals surface area contributed by atoms with Crippen molar-refractivity contribution in [3.8, 4) is 39.6 Å². The van der Waals surface area contributed by atoms with Crippen molar-refractivity contribution in [1.29, 1.82) is 0 Å². The maximum Gasteiger partial charge on any atom is 0.137 e. The van der Waals surface area contributed by atoms with E-state index in [1.807, 2.05) is 18.2 Å². The van der Waals surface area contributed by atoms with Gasteiger partial charge < -0.3 is 19.1 Å². The van der Waals surface area contributed by atoms with Crippen molar-refractivity contribution < 1.29 is 25.8 Å². The number of thiophene rings is 1. The summed E-state index contributed by atoms with van der Waals surface area (Å²) in [6.45, 7) is 8.96. The van der Waals surface area contributed by atoms with Crippen molar-refractivity contribution in [3.63, 3.8) is 0 Å². The van der Waals surface area contributed by atoms with Crippen LogP contribution in [-0.2, 0) is 26.5 Å². The fourth-order valence-electron chi connectivity index (χ4n) is 8.58. The largest absolute Gasteiger partial charge is 0.509 e. The maximum absolute atomic E-state index is 6.67. The molecule has 5 nitrogen and oxygen atoms in total. The number of anilines is 4. The van der Waals surface area contributed by atoms with Gasteiger partial charge in [-0.2, -0.15) is 12.1 Å². The summed E-state index contributed by atoms with van der Waals surface area (Å²) in [6.07, 6.45) is 0. The Balaban J connectivity index is 0.00000445. The second-order valence-corrected chi connectivity index (χ2v) is 17.0. The average molecular weight is 987 g/mol. The molecule has 0 unspecified atom stereocenters. The Morgan fingerprint density at radius 1 is 0.590 bits per heavy atom. The summed E-state index contributed by atoms with van der Waals surface area (Å²) in [6, 6.07) is 66.7. The molecule has 1 aliphatic rings. The number of hydrogen-bond acceptors (Lipinski definition) is 5. The molecule has 4 heterocycles. The Kier molecular flexibility index (Phi) is 9.86. The van der Waals surface area contributed by atoms with Gasteiger partial charge >= 0.3 is 0 Å². The number of aromatic nitrogens is 2. The summed E-state index contributed by atoms with van der Waals surface area (Å²) in [5, 5.41) is 5.58. The van der Waals surface area contributed by atoms with Crippen LogP contribution in [0.3, 0.4) is 0 Å². The normalized spacial score (nSPS) is 12.6. The van der Waals surface area contributed by atoms with Crippen LogP contribution in [-0.4, -0.2) is 9.55 Å². The molecule has 61 heavy (non-hydrogen) atoms. The van der Waals surface area contributed by atoms with Gasteiger partial charge in [0.25, 0.3) is 0 Å². The molecule has 0 N–H and O–H groups in total. The second kappa shape index (κ2) is 15.5. The number of benzene rings is 7. The molecule has 7 heteroatoms. The van der Waals surface area contributed by atoms with Gasteiger partial charge in [-0.1, -0.05) is 135 Å². The van der Waals surface area contributed by atoms with E-state index in [4.69, 9.17) is 9.72 Å². The summed E-state index contributed by atoms with van der Waals surface area (Å²) in [7, 11) is 0. The molecule has 7 aromatic carbocycles. The number of nitrogens with zero attached hydrogens (tertiary/aromatic N) is 4. The van der Waals surface area contributed by atoms with Gasteiger partial charge in [-0.05, 0) is 63.2 Å². The number of fused-ring (bicyclic) bond motifs is 5. The quantitative estimate of drug-likeness (QED) is 0.149. The monoisotopic (exact) mass is 986 g/mol. The minimum atomic E-state index is -0.0611. The predicted octanol–water partition coefficient (Wildman–Crippen LogP) is 14.8. The zero-order valence-corrected chi connectivity index (χ0v) is 36.8. The van der Waals surface area contributed by atoms with E-state index in [0.29, 0.717) is 11.5 Å². The van der Waals surface area contributed by atoms with Gasteiger partial charge in [-0.25, -0.2) is 4.98 Å². The molecule has 10 aromatic rings. The number of pyridine rings is 1. The molecule has 0 fully saturated rings. The topological polar surface area (TPSA) is 33.5 Å². The van der Waals surface area contributed by atoms with Crippen LogP contribution in [0, 0.1) is 18.8 Å². The third kappa shape index (κ3) is 6.81.